The van der Waals surface area contributed by atoms with E-state index in [0.29, 0.717) is 13.0 Å². The average molecular weight is 300 g/mol. The average Bonchev–Trinajstić information content (AvgIpc) is 2.38. The molecule has 0 fully saturated rings. The van der Waals surface area contributed by atoms with Crippen LogP contribution in [-0.4, -0.2) is 36.4 Å². The zero-order valence-corrected chi connectivity index (χ0v) is 12.6. The van der Waals surface area contributed by atoms with Crippen molar-refractivity contribution in [2.75, 3.05) is 12.3 Å². The molecule has 112 valence electrons. The predicted octanol–water partition coefficient (Wildman–Crippen LogP) is 1.78. The first kappa shape index (κ1) is 16.5. The van der Waals surface area contributed by atoms with Gasteiger partial charge in [0.15, 0.2) is 0 Å². The summed E-state index contributed by atoms with van der Waals surface area (Å²) in [6.07, 6.45) is 0.681. The summed E-state index contributed by atoms with van der Waals surface area (Å²) < 4.78 is 26.5. The Bertz CT molecular complexity index is 598. The van der Waals surface area contributed by atoms with Crippen molar-refractivity contribution < 1.29 is 18.3 Å². The van der Waals surface area contributed by atoms with Crippen LogP contribution in [-0.2, 0) is 10.0 Å². The molecule has 0 aliphatic heterocycles. The minimum atomic E-state index is -3.72. The summed E-state index contributed by atoms with van der Waals surface area (Å²) in [4.78, 5) is 10.8. The van der Waals surface area contributed by atoms with Crippen LogP contribution in [0.4, 0.5) is 5.69 Å². The monoisotopic (exact) mass is 300 g/mol. The summed E-state index contributed by atoms with van der Waals surface area (Å²) in [6.45, 7) is 5.81. The number of nitrogen functional groups attached to an aromatic ring is 1. The highest BCUT2D eigenvalue weighted by Gasteiger charge is 2.28. The van der Waals surface area contributed by atoms with Gasteiger partial charge in [0.25, 0.3) is 0 Å². The number of carboxylic acid groups (broad SMARTS) is 1. The van der Waals surface area contributed by atoms with Gasteiger partial charge in [0.2, 0.25) is 10.0 Å². The van der Waals surface area contributed by atoms with Crippen molar-refractivity contribution in [3.05, 3.63) is 23.8 Å². The van der Waals surface area contributed by atoms with Crippen LogP contribution < -0.4 is 5.73 Å². The molecule has 0 radical (unpaired) electrons. The molecule has 0 saturated heterocycles. The van der Waals surface area contributed by atoms with Crippen molar-refractivity contribution in [2.45, 2.75) is 38.1 Å². The van der Waals surface area contributed by atoms with Crippen molar-refractivity contribution in [3.8, 4) is 0 Å². The Hall–Kier alpha value is -1.60. The van der Waals surface area contributed by atoms with E-state index in [1.54, 1.807) is 6.92 Å². The summed E-state index contributed by atoms with van der Waals surface area (Å²) >= 11 is 0. The van der Waals surface area contributed by atoms with E-state index in [1.165, 1.54) is 22.5 Å². The van der Waals surface area contributed by atoms with Crippen LogP contribution in [0, 0.1) is 0 Å². The number of carbonyl (C=O) groups is 1. The molecule has 1 aromatic carbocycles. The fraction of sp³-hybridized carbons (Fsp3) is 0.462. The molecule has 0 saturated carbocycles. The van der Waals surface area contributed by atoms with Gasteiger partial charge in [0.1, 0.15) is 4.90 Å². The smallest absolute Gasteiger partial charge is 0.335 e. The highest BCUT2D eigenvalue weighted by molar-refractivity contribution is 7.89. The van der Waals surface area contributed by atoms with E-state index in [-0.39, 0.29) is 22.2 Å². The van der Waals surface area contributed by atoms with E-state index in [2.05, 4.69) is 0 Å². The highest BCUT2D eigenvalue weighted by Crippen LogP contribution is 2.25. The largest absolute Gasteiger partial charge is 0.478 e. The molecule has 6 nitrogen and oxygen atoms in total. The van der Waals surface area contributed by atoms with Crippen LogP contribution in [0.15, 0.2) is 23.1 Å². The highest BCUT2D eigenvalue weighted by atomic mass is 32.2. The van der Waals surface area contributed by atoms with Crippen molar-refractivity contribution in [2.24, 2.45) is 0 Å². The Morgan fingerprint density at radius 3 is 2.40 bits per heavy atom. The van der Waals surface area contributed by atoms with Gasteiger partial charge >= 0.3 is 5.97 Å². The Labute approximate surface area is 119 Å². The second-order valence-electron chi connectivity index (χ2n) is 4.52. The first-order valence-corrected chi connectivity index (χ1v) is 7.84. The SMILES string of the molecule is CCC(C)N(CC)S(=O)(=O)c1ccc(C(=O)O)cc1N. The summed E-state index contributed by atoms with van der Waals surface area (Å²) in [7, 11) is -3.72. The molecule has 1 aromatic rings. The quantitative estimate of drug-likeness (QED) is 0.780. The van der Waals surface area contributed by atoms with E-state index < -0.39 is 16.0 Å². The molecule has 0 spiro atoms. The lowest BCUT2D eigenvalue weighted by atomic mass is 10.2. The molecule has 7 heteroatoms. The second kappa shape index (κ2) is 6.23. The molecular weight excluding hydrogens is 280 g/mol. The number of hydrogen-bond donors (Lipinski definition) is 2. The van der Waals surface area contributed by atoms with E-state index >= 15 is 0 Å². The molecule has 0 amide bonds. The van der Waals surface area contributed by atoms with Crippen LogP contribution in [0.25, 0.3) is 0 Å². The Morgan fingerprint density at radius 2 is 2.00 bits per heavy atom. The third-order valence-corrected chi connectivity index (χ3v) is 5.40. The molecule has 3 N–H and O–H groups in total. The maximum atomic E-state index is 12.6. The van der Waals surface area contributed by atoms with E-state index in [4.69, 9.17) is 10.8 Å². The summed E-state index contributed by atoms with van der Waals surface area (Å²) in [5.41, 5.74) is 5.63. The first-order chi connectivity index (χ1) is 9.25. The first-order valence-electron chi connectivity index (χ1n) is 6.40. The van der Waals surface area contributed by atoms with Gasteiger partial charge in [-0.25, -0.2) is 13.2 Å². The number of sulfonamides is 1. The number of rotatable bonds is 6. The van der Waals surface area contributed by atoms with Crippen molar-refractivity contribution in [1.82, 2.24) is 4.31 Å². The van der Waals surface area contributed by atoms with Crippen LogP contribution >= 0.6 is 0 Å². The molecule has 0 aliphatic carbocycles. The fourth-order valence-corrected chi connectivity index (χ4v) is 3.78. The van der Waals surface area contributed by atoms with Gasteiger partial charge in [-0.2, -0.15) is 4.31 Å². The third kappa shape index (κ3) is 3.10. The van der Waals surface area contributed by atoms with Crippen LogP contribution in [0.2, 0.25) is 0 Å². The summed E-state index contributed by atoms with van der Waals surface area (Å²) in [5.74, 6) is -1.14. The standard InChI is InChI=1S/C13H20N2O4S/c1-4-9(3)15(5-2)20(18,19)12-7-6-10(13(16)17)8-11(12)14/h6-9H,4-5,14H2,1-3H3,(H,16,17). The number of anilines is 1. The summed E-state index contributed by atoms with van der Waals surface area (Å²) in [6, 6.07) is 3.51. The summed E-state index contributed by atoms with van der Waals surface area (Å²) in [5, 5.41) is 8.87. The van der Waals surface area contributed by atoms with Gasteiger partial charge in [-0.1, -0.05) is 13.8 Å². The lowest BCUT2D eigenvalue weighted by molar-refractivity contribution is 0.0697. The lowest BCUT2D eigenvalue weighted by Gasteiger charge is -2.26. The van der Waals surface area contributed by atoms with Gasteiger partial charge < -0.3 is 10.8 Å². The number of nitrogens with zero attached hydrogens (tertiary/aromatic N) is 1. The molecule has 20 heavy (non-hydrogen) atoms. The molecule has 1 atom stereocenters. The van der Waals surface area contributed by atoms with Crippen LogP contribution in [0.1, 0.15) is 37.6 Å². The van der Waals surface area contributed by atoms with Crippen molar-refractivity contribution in [1.29, 1.82) is 0 Å². The third-order valence-electron chi connectivity index (χ3n) is 3.24. The maximum Gasteiger partial charge on any atom is 0.335 e. The van der Waals surface area contributed by atoms with E-state index in [1.807, 2.05) is 13.8 Å². The number of benzene rings is 1. The minimum Gasteiger partial charge on any atom is -0.478 e. The van der Waals surface area contributed by atoms with Crippen molar-refractivity contribution >= 4 is 21.7 Å². The normalized spacial score (nSPS) is 13.4. The van der Waals surface area contributed by atoms with E-state index in [9.17, 15) is 13.2 Å². The molecule has 1 rings (SSSR count). The van der Waals surface area contributed by atoms with Crippen LogP contribution in [0.3, 0.4) is 0 Å². The van der Waals surface area contributed by atoms with Gasteiger partial charge in [0.05, 0.1) is 11.3 Å². The number of nitrogens with two attached hydrogens (primary N) is 1. The molecule has 0 heterocycles. The van der Waals surface area contributed by atoms with Gasteiger partial charge in [-0.05, 0) is 31.5 Å². The molecule has 0 aromatic heterocycles. The second-order valence-corrected chi connectivity index (χ2v) is 6.38. The zero-order chi connectivity index (χ0) is 15.5. The number of hydrogen-bond acceptors (Lipinski definition) is 4. The molecule has 0 aliphatic rings. The fourth-order valence-electron chi connectivity index (χ4n) is 1.96. The van der Waals surface area contributed by atoms with Gasteiger partial charge in [0, 0.05) is 12.6 Å². The topological polar surface area (TPSA) is 101 Å². The Kier molecular flexibility index (Phi) is 5.13. The van der Waals surface area contributed by atoms with Crippen molar-refractivity contribution in [3.63, 3.8) is 0 Å². The van der Waals surface area contributed by atoms with Crippen LogP contribution in [0.5, 0.6) is 0 Å². The van der Waals surface area contributed by atoms with Gasteiger partial charge in [-0.3, -0.25) is 0 Å². The minimum absolute atomic E-state index is 0.0342. The van der Waals surface area contributed by atoms with E-state index in [0.717, 1.165) is 0 Å². The number of carboxylic acids is 1. The number of aromatic carboxylic acids is 1. The molecule has 1 unspecified atom stereocenters. The van der Waals surface area contributed by atoms with Gasteiger partial charge in [-0.15, -0.1) is 0 Å². The Balaban J connectivity index is 3.31. The lowest BCUT2D eigenvalue weighted by Crippen LogP contribution is -2.38. The predicted molar refractivity (Wildman–Crippen MR) is 77.1 cm³/mol. The maximum absolute atomic E-state index is 12.6. The molecule has 0 bridgehead atoms. The zero-order valence-electron chi connectivity index (χ0n) is 11.8. The Morgan fingerprint density at radius 1 is 1.40 bits per heavy atom. The molecular formula is C13H20N2O4S.